The molecule has 0 aliphatic carbocycles. The highest BCUT2D eigenvalue weighted by atomic mass is 32.2. The van der Waals surface area contributed by atoms with Crippen LogP contribution in [0, 0.1) is 0 Å². The molecular weight excluding hydrogens is 368 g/mol. The SMILES string of the molecule is CNC(=O)[C@H](C)Oc1ccc(S(=O)(=O)N(C)Cc2ccc(OC)cc2)cc1. The first-order valence-electron chi connectivity index (χ1n) is 8.35. The lowest BCUT2D eigenvalue weighted by atomic mass is 10.2. The molecule has 2 aromatic carbocycles. The van der Waals surface area contributed by atoms with E-state index in [0.717, 1.165) is 5.56 Å². The lowest BCUT2D eigenvalue weighted by molar-refractivity contribution is -0.126. The third-order valence-electron chi connectivity index (χ3n) is 4.02. The summed E-state index contributed by atoms with van der Waals surface area (Å²) in [6, 6.07) is 13.2. The van der Waals surface area contributed by atoms with Crippen LogP contribution in [0.25, 0.3) is 0 Å². The maximum Gasteiger partial charge on any atom is 0.260 e. The van der Waals surface area contributed by atoms with E-state index in [4.69, 9.17) is 9.47 Å². The van der Waals surface area contributed by atoms with E-state index in [1.54, 1.807) is 26.2 Å². The molecule has 27 heavy (non-hydrogen) atoms. The average molecular weight is 392 g/mol. The van der Waals surface area contributed by atoms with E-state index in [1.165, 1.54) is 42.7 Å². The molecule has 7 nitrogen and oxygen atoms in total. The van der Waals surface area contributed by atoms with Crippen LogP contribution in [-0.4, -0.2) is 45.9 Å². The number of rotatable bonds is 8. The van der Waals surface area contributed by atoms with Crippen LogP contribution >= 0.6 is 0 Å². The van der Waals surface area contributed by atoms with E-state index >= 15 is 0 Å². The van der Waals surface area contributed by atoms with Gasteiger partial charge >= 0.3 is 0 Å². The minimum absolute atomic E-state index is 0.151. The maximum atomic E-state index is 12.7. The average Bonchev–Trinajstić information content (AvgIpc) is 2.68. The van der Waals surface area contributed by atoms with E-state index in [9.17, 15) is 13.2 Å². The predicted molar refractivity (Wildman–Crippen MR) is 102 cm³/mol. The van der Waals surface area contributed by atoms with Gasteiger partial charge in [0.2, 0.25) is 10.0 Å². The second-order valence-electron chi connectivity index (χ2n) is 5.95. The Bertz CT molecular complexity index is 864. The number of carbonyl (C=O) groups is 1. The van der Waals surface area contributed by atoms with Gasteiger partial charge in [-0.3, -0.25) is 4.79 Å². The van der Waals surface area contributed by atoms with E-state index in [2.05, 4.69) is 5.32 Å². The third-order valence-corrected chi connectivity index (χ3v) is 5.84. The lowest BCUT2D eigenvalue weighted by Crippen LogP contribution is -2.33. The summed E-state index contributed by atoms with van der Waals surface area (Å²) >= 11 is 0. The monoisotopic (exact) mass is 392 g/mol. The fraction of sp³-hybridized carbons (Fsp3) is 0.316. The van der Waals surface area contributed by atoms with Crippen LogP contribution in [0.1, 0.15) is 12.5 Å². The maximum absolute atomic E-state index is 12.7. The number of carbonyl (C=O) groups excluding carboxylic acids is 1. The number of hydrogen-bond donors (Lipinski definition) is 1. The highest BCUT2D eigenvalue weighted by Gasteiger charge is 2.21. The number of nitrogens with zero attached hydrogens (tertiary/aromatic N) is 1. The smallest absolute Gasteiger partial charge is 0.260 e. The molecule has 0 bridgehead atoms. The van der Waals surface area contributed by atoms with Gasteiger partial charge in [-0.1, -0.05) is 12.1 Å². The van der Waals surface area contributed by atoms with Crippen LogP contribution in [0.4, 0.5) is 0 Å². The highest BCUT2D eigenvalue weighted by Crippen LogP contribution is 2.21. The Morgan fingerprint density at radius 1 is 1.07 bits per heavy atom. The molecule has 0 saturated heterocycles. The zero-order valence-electron chi connectivity index (χ0n) is 15.8. The summed E-state index contributed by atoms with van der Waals surface area (Å²) < 4.78 is 37.3. The van der Waals surface area contributed by atoms with Crippen molar-refractivity contribution in [1.82, 2.24) is 9.62 Å². The Hall–Kier alpha value is -2.58. The second kappa shape index (κ2) is 8.88. The molecule has 0 aliphatic heterocycles. The largest absolute Gasteiger partial charge is 0.497 e. The Balaban J connectivity index is 2.09. The van der Waals surface area contributed by atoms with E-state index in [-0.39, 0.29) is 17.3 Å². The van der Waals surface area contributed by atoms with E-state index in [1.807, 2.05) is 12.1 Å². The van der Waals surface area contributed by atoms with Gasteiger partial charge in [0.1, 0.15) is 11.5 Å². The molecule has 0 spiro atoms. The van der Waals surface area contributed by atoms with Crippen molar-refractivity contribution in [2.24, 2.45) is 0 Å². The first-order valence-corrected chi connectivity index (χ1v) is 9.79. The quantitative estimate of drug-likeness (QED) is 0.743. The standard InChI is InChI=1S/C19H24N2O5S/c1-14(19(22)20-2)26-17-9-11-18(12-10-17)27(23,24)21(3)13-15-5-7-16(25-4)8-6-15/h5-12,14H,13H2,1-4H3,(H,20,22)/t14-/m0/s1. The Kier molecular flexibility index (Phi) is 6.81. The zero-order chi connectivity index (χ0) is 20.0. The number of hydrogen-bond acceptors (Lipinski definition) is 5. The molecule has 0 radical (unpaired) electrons. The lowest BCUT2D eigenvalue weighted by Gasteiger charge is -2.18. The molecule has 0 unspecified atom stereocenters. The van der Waals surface area contributed by atoms with Crippen molar-refractivity contribution in [3.8, 4) is 11.5 Å². The summed E-state index contributed by atoms with van der Waals surface area (Å²) in [5.74, 6) is 0.875. The number of benzene rings is 2. The van der Waals surface area contributed by atoms with E-state index in [0.29, 0.717) is 11.5 Å². The molecule has 1 amide bonds. The summed E-state index contributed by atoms with van der Waals surface area (Å²) in [6.45, 7) is 1.85. The minimum Gasteiger partial charge on any atom is -0.497 e. The van der Waals surface area contributed by atoms with Crippen molar-refractivity contribution >= 4 is 15.9 Å². The van der Waals surface area contributed by atoms with Crippen LogP contribution in [-0.2, 0) is 21.4 Å². The van der Waals surface area contributed by atoms with Gasteiger partial charge in [-0.25, -0.2) is 8.42 Å². The summed E-state index contributed by atoms with van der Waals surface area (Å²) in [4.78, 5) is 11.7. The highest BCUT2D eigenvalue weighted by molar-refractivity contribution is 7.89. The minimum atomic E-state index is -3.65. The number of methoxy groups -OCH3 is 1. The second-order valence-corrected chi connectivity index (χ2v) is 8.00. The molecule has 8 heteroatoms. The first-order chi connectivity index (χ1) is 12.8. The van der Waals surface area contributed by atoms with Crippen molar-refractivity contribution in [3.63, 3.8) is 0 Å². The fourth-order valence-corrected chi connectivity index (χ4v) is 3.56. The summed E-state index contributed by atoms with van der Waals surface area (Å²) in [5.41, 5.74) is 0.848. The number of sulfonamides is 1. The first kappa shape index (κ1) is 20.7. The number of amides is 1. The van der Waals surface area contributed by atoms with Crippen molar-refractivity contribution in [2.45, 2.75) is 24.5 Å². The molecule has 2 rings (SSSR count). The molecule has 0 aliphatic rings. The summed E-state index contributed by atoms with van der Waals surface area (Å²) in [7, 11) is 0.976. The topological polar surface area (TPSA) is 84.9 Å². The van der Waals surface area contributed by atoms with Gasteiger partial charge in [0.15, 0.2) is 6.10 Å². The van der Waals surface area contributed by atoms with E-state index < -0.39 is 16.1 Å². The normalized spacial score (nSPS) is 12.5. The third kappa shape index (κ3) is 5.21. The van der Waals surface area contributed by atoms with Crippen molar-refractivity contribution in [2.75, 3.05) is 21.2 Å². The molecule has 146 valence electrons. The molecule has 1 N–H and O–H groups in total. The van der Waals surface area contributed by atoms with Crippen molar-refractivity contribution < 1.29 is 22.7 Å². The zero-order valence-corrected chi connectivity index (χ0v) is 16.6. The summed E-state index contributed by atoms with van der Waals surface area (Å²) in [6.07, 6.45) is -0.671. The Labute approximate surface area is 160 Å². The number of ether oxygens (including phenoxy) is 2. The summed E-state index contributed by atoms with van der Waals surface area (Å²) in [5, 5.41) is 2.49. The van der Waals surface area contributed by atoms with Crippen LogP contribution < -0.4 is 14.8 Å². The molecule has 0 aromatic heterocycles. The fourth-order valence-electron chi connectivity index (χ4n) is 2.40. The molecule has 2 aromatic rings. The van der Waals surface area contributed by atoms with Gasteiger partial charge in [-0.05, 0) is 48.9 Å². The van der Waals surface area contributed by atoms with Gasteiger partial charge in [-0.15, -0.1) is 0 Å². The molecule has 0 fully saturated rings. The molecule has 0 saturated carbocycles. The van der Waals surface area contributed by atoms with Crippen LogP contribution in [0.2, 0.25) is 0 Å². The van der Waals surface area contributed by atoms with Crippen LogP contribution in [0.3, 0.4) is 0 Å². The van der Waals surface area contributed by atoms with Gasteiger partial charge < -0.3 is 14.8 Å². The van der Waals surface area contributed by atoms with Crippen molar-refractivity contribution in [1.29, 1.82) is 0 Å². The van der Waals surface area contributed by atoms with Crippen LogP contribution in [0.15, 0.2) is 53.4 Å². The van der Waals surface area contributed by atoms with Crippen LogP contribution in [0.5, 0.6) is 11.5 Å². The predicted octanol–water partition coefficient (Wildman–Crippen LogP) is 2.03. The molecule has 0 heterocycles. The Morgan fingerprint density at radius 3 is 2.15 bits per heavy atom. The van der Waals surface area contributed by atoms with Gasteiger partial charge in [0, 0.05) is 20.6 Å². The van der Waals surface area contributed by atoms with Gasteiger partial charge in [-0.2, -0.15) is 4.31 Å². The number of nitrogens with one attached hydrogen (secondary N) is 1. The van der Waals surface area contributed by atoms with Crippen molar-refractivity contribution in [3.05, 3.63) is 54.1 Å². The number of likely N-dealkylation sites (N-methyl/N-ethyl adjacent to an activating group) is 1. The van der Waals surface area contributed by atoms with Gasteiger partial charge in [0.25, 0.3) is 5.91 Å². The molecular formula is C19H24N2O5S. The Morgan fingerprint density at radius 2 is 1.63 bits per heavy atom. The van der Waals surface area contributed by atoms with Gasteiger partial charge in [0.05, 0.1) is 12.0 Å². The molecule has 1 atom stereocenters.